The number of benzene rings is 1. The number of likely N-dealkylation sites (N-methyl/N-ethyl adjacent to an activating group) is 1. The summed E-state index contributed by atoms with van der Waals surface area (Å²) in [6.07, 6.45) is -2.96. The molecule has 212 valence electrons. The molecule has 0 radical (unpaired) electrons. The molecular formula is C27H37F2N7O3. The highest BCUT2D eigenvalue weighted by molar-refractivity contribution is 5.70. The summed E-state index contributed by atoms with van der Waals surface area (Å²) in [7, 11) is 1.77. The highest BCUT2D eigenvalue weighted by Crippen LogP contribution is 2.30. The minimum atomic E-state index is -2.33. The lowest BCUT2D eigenvalue weighted by atomic mass is 10.1. The van der Waals surface area contributed by atoms with E-state index < -0.39 is 12.5 Å². The third-order valence-electron chi connectivity index (χ3n) is 6.70. The van der Waals surface area contributed by atoms with E-state index in [0.29, 0.717) is 61.7 Å². The summed E-state index contributed by atoms with van der Waals surface area (Å²) in [4.78, 5) is 13.6. The molecule has 1 unspecified atom stereocenters. The van der Waals surface area contributed by atoms with Gasteiger partial charge in [-0.25, -0.2) is 18.7 Å². The molecular weight excluding hydrogens is 508 g/mol. The molecule has 1 fully saturated rings. The normalized spacial score (nSPS) is 17.5. The number of aliphatic hydroxyl groups is 1. The molecule has 3 N–H and O–H groups in total. The van der Waals surface area contributed by atoms with Crippen LogP contribution in [-0.4, -0.2) is 102 Å². The van der Waals surface area contributed by atoms with E-state index in [0.717, 1.165) is 16.8 Å². The Bertz CT molecular complexity index is 1210. The van der Waals surface area contributed by atoms with Crippen molar-refractivity contribution < 1.29 is 23.1 Å². The van der Waals surface area contributed by atoms with Crippen LogP contribution in [0.1, 0.15) is 18.4 Å². The third kappa shape index (κ3) is 7.69. The third-order valence-corrected chi connectivity index (χ3v) is 6.70. The van der Waals surface area contributed by atoms with E-state index in [2.05, 4.69) is 20.7 Å². The quantitative estimate of drug-likeness (QED) is 0.314. The van der Waals surface area contributed by atoms with Crippen LogP contribution in [-0.2, 0) is 0 Å². The first-order chi connectivity index (χ1) is 18.7. The van der Waals surface area contributed by atoms with Gasteiger partial charge in [0.25, 0.3) is 6.43 Å². The maximum Gasteiger partial charge on any atom is 0.251 e. The van der Waals surface area contributed by atoms with Gasteiger partial charge in [0.1, 0.15) is 30.0 Å². The van der Waals surface area contributed by atoms with Crippen LogP contribution in [0.4, 0.5) is 14.6 Å². The number of anilines is 1. The van der Waals surface area contributed by atoms with Crippen molar-refractivity contribution in [1.29, 1.82) is 0 Å². The van der Waals surface area contributed by atoms with E-state index in [-0.39, 0.29) is 19.2 Å². The topological polar surface area (TPSA) is 112 Å². The van der Waals surface area contributed by atoms with Gasteiger partial charge in [0.15, 0.2) is 5.82 Å². The number of ether oxygens (including phenoxy) is 1. The van der Waals surface area contributed by atoms with Gasteiger partial charge in [-0.2, -0.15) is 0 Å². The highest BCUT2D eigenvalue weighted by Gasteiger charge is 2.26. The molecule has 1 aromatic carbocycles. The predicted molar refractivity (Wildman–Crippen MR) is 145 cm³/mol. The van der Waals surface area contributed by atoms with Gasteiger partial charge in [-0.1, -0.05) is 17.3 Å². The van der Waals surface area contributed by atoms with Gasteiger partial charge in [0.2, 0.25) is 0 Å². The van der Waals surface area contributed by atoms with Gasteiger partial charge in [-0.05, 0) is 40.0 Å². The van der Waals surface area contributed by atoms with Crippen molar-refractivity contribution in [2.75, 3.05) is 58.4 Å². The van der Waals surface area contributed by atoms with Crippen LogP contribution in [0.3, 0.4) is 0 Å². The number of halogens is 2. The minimum absolute atomic E-state index is 0.0303. The Morgan fingerprint density at radius 1 is 1.21 bits per heavy atom. The fourth-order valence-electron chi connectivity index (χ4n) is 4.71. The molecule has 1 aliphatic rings. The average molecular weight is 546 g/mol. The molecule has 1 aliphatic heterocycles. The molecule has 0 aliphatic carbocycles. The zero-order chi connectivity index (χ0) is 27.9. The number of piperazine rings is 1. The zero-order valence-electron chi connectivity index (χ0n) is 22.8. The second-order valence-corrected chi connectivity index (χ2v) is 9.86. The number of nitrogens with one attached hydrogen (secondary N) is 2. The average Bonchev–Trinajstić information content (AvgIpc) is 3.25. The van der Waals surface area contributed by atoms with Crippen LogP contribution < -0.4 is 15.4 Å². The van der Waals surface area contributed by atoms with Crippen LogP contribution in [0.25, 0.3) is 22.6 Å². The summed E-state index contributed by atoms with van der Waals surface area (Å²) in [6.45, 7) is 8.51. The number of alkyl halides is 2. The lowest BCUT2D eigenvalue weighted by molar-refractivity contribution is 0.0285. The largest absolute Gasteiger partial charge is 0.491 e. The molecule has 2 atom stereocenters. The van der Waals surface area contributed by atoms with Gasteiger partial charge in [-0.15, -0.1) is 0 Å². The molecule has 0 amide bonds. The molecule has 1 saturated heterocycles. The lowest BCUT2D eigenvalue weighted by Crippen LogP contribution is -2.53. The monoisotopic (exact) mass is 545 g/mol. The maximum atomic E-state index is 12.9. The van der Waals surface area contributed by atoms with Crippen LogP contribution >= 0.6 is 0 Å². The first-order valence-electron chi connectivity index (χ1n) is 13.1. The predicted octanol–water partition coefficient (Wildman–Crippen LogP) is 3.02. The molecule has 39 heavy (non-hydrogen) atoms. The van der Waals surface area contributed by atoms with E-state index in [1.807, 2.05) is 56.0 Å². The molecule has 0 bridgehead atoms. The molecule has 4 rings (SSSR count). The summed E-state index contributed by atoms with van der Waals surface area (Å²) in [5, 5.41) is 20.4. The minimum Gasteiger partial charge on any atom is -0.491 e. The number of aryl methyl sites for hydroxylation is 2. The zero-order valence-corrected chi connectivity index (χ0v) is 22.8. The fraction of sp³-hybridized carbons (Fsp3) is 0.519. The van der Waals surface area contributed by atoms with Crippen molar-refractivity contribution in [3.05, 3.63) is 41.8 Å². The van der Waals surface area contributed by atoms with Gasteiger partial charge < -0.3 is 25.0 Å². The van der Waals surface area contributed by atoms with Crippen molar-refractivity contribution in [1.82, 2.24) is 30.2 Å². The van der Waals surface area contributed by atoms with Crippen molar-refractivity contribution in [3.63, 3.8) is 0 Å². The molecule has 12 heteroatoms. The van der Waals surface area contributed by atoms with Crippen molar-refractivity contribution in [3.8, 4) is 28.4 Å². The Kier molecular flexibility index (Phi) is 9.78. The van der Waals surface area contributed by atoms with E-state index in [1.54, 1.807) is 7.05 Å². The SMILES string of the molecule is CNCC(O)COc1cccc(-c2nc(NCN3CCN(CC(F)F)[C@@H](C)C3)cc(-c3c(C)noc3C)n2)c1. The molecule has 3 aromatic rings. The van der Waals surface area contributed by atoms with Crippen LogP contribution in [0.2, 0.25) is 0 Å². The summed E-state index contributed by atoms with van der Waals surface area (Å²) >= 11 is 0. The molecule has 0 saturated carbocycles. The van der Waals surface area contributed by atoms with Crippen LogP contribution in [0, 0.1) is 13.8 Å². The number of rotatable bonds is 12. The van der Waals surface area contributed by atoms with Gasteiger partial charge >= 0.3 is 0 Å². The number of hydrogen-bond donors (Lipinski definition) is 3. The van der Waals surface area contributed by atoms with E-state index in [9.17, 15) is 13.9 Å². The number of aromatic nitrogens is 3. The molecule has 10 nitrogen and oxygen atoms in total. The van der Waals surface area contributed by atoms with Crippen LogP contribution in [0.15, 0.2) is 34.9 Å². The smallest absolute Gasteiger partial charge is 0.251 e. The van der Waals surface area contributed by atoms with Crippen molar-refractivity contribution in [2.24, 2.45) is 0 Å². The number of nitrogens with zero attached hydrogens (tertiary/aromatic N) is 5. The lowest BCUT2D eigenvalue weighted by Gasteiger charge is -2.39. The summed E-state index contributed by atoms with van der Waals surface area (Å²) in [5.74, 6) is 2.36. The number of aliphatic hydroxyl groups excluding tert-OH is 1. The molecule has 2 aromatic heterocycles. The van der Waals surface area contributed by atoms with Gasteiger partial charge in [-0.3, -0.25) is 9.80 Å². The van der Waals surface area contributed by atoms with E-state index >= 15 is 0 Å². The molecule has 3 heterocycles. The van der Waals surface area contributed by atoms with Gasteiger partial charge in [0, 0.05) is 43.9 Å². The summed E-state index contributed by atoms with van der Waals surface area (Å²) < 4.78 is 36.9. The second-order valence-electron chi connectivity index (χ2n) is 9.86. The fourth-order valence-corrected chi connectivity index (χ4v) is 4.71. The Morgan fingerprint density at radius 2 is 2.03 bits per heavy atom. The Hall–Kier alpha value is -3.19. The standard InChI is InChI=1S/C27H37F2N7O3/c1-17-13-35(8-9-36(17)14-24(28)29)16-31-25-11-23(26-18(2)34-39-19(26)3)32-27(33-25)20-6-5-7-22(10-20)38-15-21(37)12-30-4/h5-7,10-11,17,21,24,30,37H,8-9,12-16H2,1-4H3,(H,31,32,33)/t17-,21?/m0/s1. The Labute approximate surface area is 227 Å². The van der Waals surface area contributed by atoms with Crippen molar-refractivity contribution >= 4 is 5.82 Å². The van der Waals surface area contributed by atoms with E-state index in [1.165, 1.54) is 0 Å². The van der Waals surface area contributed by atoms with E-state index in [4.69, 9.17) is 19.2 Å². The first-order valence-corrected chi connectivity index (χ1v) is 13.1. The summed E-state index contributed by atoms with van der Waals surface area (Å²) in [5.41, 5.74) is 2.95. The van der Waals surface area contributed by atoms with Crippen molar-refractivity contribution in [2.45, 2.75) is 39.3 Å². The van der Waals surface area contributed by atoms with Gasteiger partial charge in [0.05, 0.1) is 30.2 Å². The first kappa shape index (κ1) is 28.8. The maximum absolute atomic E-state index is 12.9. The molecule has 0 spiro atoms. The van der Waals surface area contributed by atoms with Crippen LogP contribution in [0.5, 0.6) is 5.75 Å². The second kappa shape index (κ2) is 13.2. The summed E-state index contributed by atoms with van der Waals surface area (Å²) in [6, 6.07) is 9.31. The Balaban J connectivity index is 1.55. The highest BCUT2D eigenvalue weighted by atomic mass is 19.3. The Morgan fingerprint density at radius 3 is 2.72 bits per heavy atom. The number of hydrogen-bond acceptors (Lipinski definition) is 10.